The van der Waals surface area contributed by atoms with E-state index in [1.807, 2.05) is 11.4 Å². The fourth-order valence-electron chi connectivity index (χ4n) is 1.62. The second-order valence-electron chi connectivity index (χ2n) is 4.05. The van der Waals surface area contributed by atoms with Gasteiger partial charge >= 0.3 is 0 Å². The number of thiophene rings is 1. The van der Waals surface area contributed by atoms with Crippen molar-refractivity contribution in [2.24, 2.45) is 0 Å². The van der Waals surface area contributed by atoms with E-state index in [1.54, 1.807) is 0 Å². The molecule has 21 heavy (non-hydrogen) atoms. The third-order valence-corrected chi connectivity index (χ3v) is 6.78. The standard InChI is InChI=1S/C12H10BrCl2NO3S2/c13-9-1-2-20-10(9)5-16-21(18,19)11-4-8(14)3-7(6-17)12(11)15/h1-4,16-17H,5-6H2. The van der Waals surface area contributed by atoms with Crippen molar-refractivity contribution in [2.45, 2.75) is 18.0 Å². The zero-order valence-electron chi connectivity index (χ0n) is 10.4. The van der Waals surface area contributed by atoms with Gasteiger partial charge in [0.15, 0.2) is 0 Å². The molecule has 0 saturated carbocycles. The molecule has 0 radical (unpaired) electrons. The molecule has 0 amide bonds. The second-order valence-corrected chi connectivity index (χ2v) is 8.46. The quantitative estimate of drug-likeness (QED) is 0.758. The highest BCUT2D eigenvalue weighted by Gasteiger charge is 2.21. The predicted molar refractivity (Wildman–Crippen MR) is 88.4 cm³/mol. The molecular weight excluding hydrogens is 421 g/mol. The molecule has 2 N–H and O–H groups in total. The van der Waals surface area contributed by atoms with E-state index in [2.05, 4.69) is 20.7 Å². The number of benzene rings is 1. The Morgan fingerprint density at radius 1 is 1.33 bits per heavy atom. The van der Waals surface area contributed by atoms with Crippen LogP contribution >= 0.6 is 50.5 Å². The van der Waals surface area contributed by atoms with Gasteiger partial charge in [-0.2, -0.15) is 0 Å². The van der Waals surface area contributed by atoms with Crippen molar-refractivity contribution in [1.82, 2.24) is 4.72 Å². The maximum Gasteiger partial charge on any atom is 0.242 e. The van der Waals surface area contributed by atoms with Gasteiger partial charge in [-0.3, -0.25) is 0 Å². The average molecular weight is 431 g/mol. The lowest BCUT2D eigenvalue weighted by Gasteiger charge is -2.11. The first-order chi connectivity index (χ1) is 9.85. The Labute approximate surface area is 144 Å². The molecule has 4 nitrogen and oxygen atoms in total. The molecule has 114 valence electrons. The summed E-state index contributed by atoms with van der Waals surface area (Å²) >= 11 is 16.6. The number of aliphatic hydroxyl groups is 1. The molecule has 1 heterocycles. The molecule has 0 bridgehead atoms. The van der Waals surface area contributed by atoms with Crippen LogP contribution in [0, 0.1) is 0 Å². The van der Waals surface area contributed by atoms with Gasteiger partial charge in [-0.25, -0.2) is 13.1 Å². The molecule has 1 aromatic carbocycles. The predicted octanol–water partition coefficient (Wildman–Crippen LogP) is 3.79. The van der Waals surface area contributed by atoms with Crippen LogP contribution in [0.3, 0.4) is 0 Å². The zero-order chi connectivity index (χ0) is 15.6. The molecular formula is C12H10BrCl2NO3S2. The van der Waals surface area contributed by atoms with Gasteiger partial charge in [0.05, 0.1) is 11.6 Å². The van der Waals surface area contributed by atoms with Crippen molar-refractivity contribution < 1.29 is 13.5 Å². The van der Waals surface area contributed by atoms with Crippen LogP contribution in [-0.2, 0) is 23.2 Å². The van der Waals surface area contributed by atoms with E-state index in [-0.39, 0.29) is 27.0 Å². The monoisotopic (exact) mass is 429 g/mol. The number of hydrogen-bond acceptors (Lipinski definition) is 4. The van der Waals surface area contributed by atoms with Gasteiger partial charge in [-0.1, -0.05) is 23.2 Å². The van der Waals surface area contributed by atoms with E-state index in [0.717, 1.165) is 9.35 Å². The molecule has 2 aromatic rings. The van der Waals surface area contributed by atoms with Gasteiger partial charge in [0.1, 0.15) is 4.90 Å². The zero-order valence-corrected chi connectivity index (χ0v) is 15.2. The molecule has 0 atom stereocenters. The number of rotatable bonds is 5. The highest BCUT2D eigenvalue weighted by atomic mass is 79.9. The second kappa shape index (κ2) is 6.95. The van der Waals surface area contributed by atoms with Crippen LogP contribution in [0.2, 0.25) is 10.0 Å². The van der Waals surface area contributed by atoms with Crippen LogP contribution in [-0.4, -0.2) is 13.5 Å². The lowest BCUT2D eigenvalue weighted by Crippen LogP contribution is -2.23. The summed E-state index contributed by atoms with van der Waals surface area (Å²) in [6, 6.07) is 4.53. The third-order valence-electron chi connectivity index (χ3n) is 2.65. The van der Waals surface area contributed by atoms with E-state index in [0.29, 0.717) is 0 Å². The Morgan fingerprint density at radius 3 is 2.62 bits per heavy atom. The molecule has 0 aliphatic rings. The van der Waals surface area contributed by atoms with E-state index in [4.69, 9.17) is 23.2 Å². The van der Waals surface area contributed by atoms with Crippen LogP contribution < -0.4 is 4.72 Å². The van der Waals surface area contributed by atoms with Gasteiger partial charge in [0, 0.05) is 20.9 Å². The average Bonchev–Trinajstić information content (AvgIpc) is 2.84. The Kier molecular flexibility index (Phi) is 5.70. The van der Waals surface area contributed by atoms with Crippen molar-refractivity contribution in [2.75, 3.05) is 0 Å². The first-order valence-corrected chi connectivity index (χ1v) is 9.56. The third kappa shape index (κ3) is 3.98. The van der Waals surface area contributed by atoms with E-state index in [9.17, 15) is 13.5 Å². The Balaban J connectivity index is 2.32. The summed E-state index contributed by atoms with van der Waals surface area (Å²) in [5.74, 6) is 0. The number of sulfonamides is 1. The minimum Gasteiger partial charge on any atom is -0.392 e. The molecule has 0 unspecified atom stereocenters. The summed E-state index contributed by atoms with van der Waals surface area (Å²) in [6.45, 7) is -0.254. The SMILES string of the molecule is O=S(=O)(NCc1sccc1Br)c1cc(Cl)cc(CO)c1Cl. The van der Waals surface area contributed by atoms with Gasteiger partial charge < -0.3 is 5.11 Å². The largest absolute Gasteiger partial charge is 0.392 e. The summed E-state index contributed by atoms with van der Waals surface area (Å²) in [6.07, 6.45) is 0. The smallest absolute Gasteiger partial charge is 0.242 e. The van der Waals surface area contributed by atoms with Crippen LogP contribution in [0.5, 0.6) is 0 Å². The lowest BCUT2D eigenvalue weighted by atomic mass is 10.2. The van der Waals surface area contributed by atoms with Crippen molar-refractivity contribution in [3.05, 3.63) is 48.5 Å². The Hall–Kier alpha value is -0.150. The molecule has 0 fully saturated rings. The molecule has 2 rings (SSSR count). The summed E-state index contributed by atoms with van der Waals surface area (Å²) in [5.41, 5.74) is 0.266. The maximum absolute atomic E-state index is 12.3. The number of aliphatic hydroxyl groups excluding tert-OH is 1. The van der Waals surface area contributed by atoms with Gasteiger partial charge in [-0.15, -0.1) is 11.3 Å². The van der Waals surface area contributed by atoms with Gasteiger partial charge in [0.25, 0.3) is 0 Å². The van der Waals surface area contributed by atoms with Crippen molar-refractivity contribution in [3.63, 3.8) is 0 Å². The number of hydrogen-bond donors (Lipinski definition) is 2. The van der Waals surface area contributed by atoms with Crippen molar-refractivity contribution in [3.8, 4) is 0 Å². The first-order valence-electron chi connectivity index (χ1n) is 5.65. The summed E-state index contributed by atoms with van der Waals surface area (Å²) < 4.78 is 28.0. The van der Waals surface area contributed by atoms with Crippen LogP contribution in [0.4, 0.5) is 0 Å². The Morgan fingerprint density at radius 2 is 2.05 bits per heavy atom. The van der Waals surface area contributed by atoms with Crippen LogP contribution in [0.15, 0.2) is 32.9 Å². The van der Waals surface area contributed by atoms with Gasteiger partial charge in [0.2, 0.25) is 10.0 Å². The van der Waals surface area contributed by atoms with E-state index in [1.165, 1.54) is 23.5 Å². The normalized spacial score (nSPS) is 11.8. The van der Waals surface area contributed by atoms with Crippen LogP contribution in [0.25, 0.3) is 0 Å². The maximum atomic E-state index is 12.3. The molecule has 0 aliphatic carbocycles. The minimum atomic E-state index is -3.83. The van der Waals surface area contributed by atoms with Gasteiger partial charge in [-0.05, 0) is 45.1 Å². The van der Waals surface area contributed by atoms with Crippen molar-refractivity contribution >= 4 is 60.5 Å². The topological polar surface area (TPSA) is 66.4 Å². The molecule has 0 aliphatic heterocycles. The van der Waals surface area contributed by atoms with E-state index >= 15 is 0 Å². The molecule has 0 spiro atoms. The Bertz CT molecular complexity index is 762. The molecule has 0 saturated heterocycles. The lowest BCUT2D eigenvalue weighted by molar-refractivity contribution is 0.281. The summed E-state index contributed by atoms with van der Waals surface area (Å²) in [5, 5.41) is 11.2. The summed E-state index contributed by atoms with van der Waals surface area (Å²) in [7, 11) is -3.83. The first kappa shape index (κ1) is 17.2. The summed E-state index contributed by atoms with van der Waals surface area (Å²) in [4.78, 5) is 0.701. The fourth-order valence-corrected chi connectivity index (χ4v) is 5.06. The van der Waals surface area contributed by atoms with Crippen molar-refractivity contribution in [1.29, 1.82) is 0 Å². The van der Waals surface area contributed by atoms with Crippen LogP contribution in [0.1, 0.15) is 10.4 Å². The fraction of sp³-hybridized carbons (Fsp3) is 0.167. The van der Waals surface area contributed by atoms with E-state index < -0.39 is 16.6 Å². The highest BCUT2D eigenvalue weighted by molar-refractivity contribution is 9.10. The number of halogens is 3. The highest BCUT2D eigenvalue weighted by Crippen LogP contribution is 2.30. The number of nitrogens with one attached hydrogen (secondary N) is 1. The minimum absolute atomic E-state index is 0.0281. The molecule has 1 aromatic heterocycles. The molecule has 9 heteroatoms.